The molecule has 0 aromatic heterocycles. The molecule has 2 N–H and O–H groups in total. The molecule has 2 rings (SSSR count). The van der Waals surface area contributed by atoms with Gasteiger partial charge in [-0.25, -0.2) is 0 Å². The van der Waals surface area contributed by atoms with Crippen molar-refractivity contribution in [2.45, 2.75) is 19.8 Å². The number of aryl methyl sites for hydroxylation is 1. The molecule has 6 heteroatoms. The first-order chi connectivity index (χ1) is 11.1. The highest BCUT2D eigenvalue weighted by molar-refractivity contribution is 5.77. The molecular weight excluding hydrogens is 294 g/mol. The molecule has 0 radical (unpaired) electrons. The number of rotatable bonds is 6. The third kappa shape index (κ3) is 4.28. The normalized spacial score (nSPS) is 15.5. The van der Waals surface area contributed by atoms with Crippen LogP contribution in [0.1, 0.15) is 18.9 Å². The number of anilines is 1. The maximum Gasteiger partial charge on any atom is 0.222 e. The Hall–Kier alpha value is -1.95. The van der Waals surface area contributed by atoms with Crippen LogP contribution in [-0.2, 0) is 11.2 Å². The van der Waals surface area contributed by atoms with E-state index in [4.69, 9.17) is 15.2 Å². The minimum absolute atomic E-state index is 0.184. The highest BCUT2D eigenvalue weighted by atomic mass is 16.5. The summed E-state index contributed by atoms with van der Waals surface area (Å²) in [7, 11) is 3.18. The zero-order valence-electron chi connectivity index (χ0n) is 14.3. The van der Waals surface area contributed by atoms with E-state index in [-0.39, 0.29) is 5.91 Å². The monoisotopic (exact) mass is 321 g/mol. The minimum Gasteiger partial charge on any atom is -0.493 e. The Bertz CT molecular complexity index is 540. The van der Waals surface area contributed by atoms with Crippen molar-refractivity contribution < 1.29 is 14.3 Å². The summed E-state index contributed by atoms with van der Waals surface area (Å²) < 4.78 is 10.7. The predicted molar refractivity (Wildman–Crippen MR) is 91.0 cm³/mol. The van der Waals surface area contributed by atoms with Crippen LogP contribution in [0, 0.1) is 0 Å². The molecule has 1 saturated heterocycles. The molecule has 0 unspecified atom stereocenters. The van der Waals surface area contributed by atoms with Crippen molar-refractivity contribution >= 4 is 11.6 Å². The smallest absolute Gasteiger partial charge is 0.222 e. The molecule has 1 heterocycles. The van der Waals surface area contributed by atoms with Crippen molar-refractivity contribution in [3.05, 3.63) is 17.7 Å². The van der Waals surface area contributed by atoms with E-state index in [0.29, 0.717) is 30.0 Å². The summed E-state index contributed by atoms with van der Waals surface area (Å²) in [5.41, 5.74) is 7.42. The van der Waals surface area contributed by atoms with E-state index in [9.17, 15) is 4.79 Å². The molecule has 1 aromatic rings. The number of likely N-dealkylation sites (N-methyl/N-ethyl adjacent to an activating group) is 1. The molecule has 128 valence electrons. The van der Waals surface area contributed by atoms with E-state index in [0.717, 1.165) is 38.3 Å². The number of hydrogen-bond donors (Lipinski definition) is 1. The van der Waals surface area contributed by atoms with Crippen LogP contribution >= 0.6 is 0 Å². The first-order valence-corrected chi connectivity index (χ1v) is 8.09. The zero-order valence-corrected chi connectivity index (χ0v) is 14.3. The number of carbonyl (C=O) groups is 1. The number of piperazine rings is 1. The topological polar surface area (TPSA) is 68.0 Å². The van der Waals surface area contributed by atoms with Gasteiger partial charge in [0, 0.05) is 49.9 Å². The number of benzene rings is 1. The fourth-order valence-electron chi connectivity index (χ4n) is 2.97. The minimum atomic E-state index is 0.184. The van der Waals surface area contributed by atoms with Crippen LogP contribution in [0.4, 0.5) is 5.69 Å². The number of nitrogens with two attached hydrogens (primary N) is 1. The number of methoxy groups -OCH3 is 2. The van der Waals surface area contributed by atoms with Gasteiger partial charge >= 0.3 is 0 Å². The van der Waals surface area contributed by atoms with Gasteiger partial charge in [-0.2, -0.15) is 0 Å². The Morgan fingerprint density at radius 3 is 2.43 bits per heavy atom. The summed E-state index contributed by atoms with van der Waals surface area (Å²) in [6.07, 6.45) is 1.05. The lowest BCUT2D eigenvalue weighted by atomic mass is 10.1. The Labute approximate surface area is 138 Å². The molecule has 1 aliphatic heterocycles. The summed E-state index contributed by atoms with van der Waals surface area (Å²) in [4.78, 5) is 16.7. The number of nitrogen functional groups attached to an aromatic ring is 1. The van der Waals surface area contributed by atoms with Crippen molar-refractivity contribution in [3.8, 4) is 11.5 Å². The maximum atomic E-state index is 12.4. The molecular formula is C17H27N3O3. The Kier molecular flexibility index (Phi) is 6.10. The van der Waals surface area contributed by atoms with Crippen LogP contribution in [-0.4, -0.2) is 62.7 Å². The molecule has 0 bridgehead atoms. The van der Waals surface area contributed by atoms with E-state index in [2.05, 4.69) is 11.8 Å². The van der Waals surface area contributed by atoms with E-state index in [1.165, 1.54) is 0 Å². The Morgan fingerprint density at radius 2 is 1.87 bits per heavy atom. The van der Waals surface area contributed by atoms with Gasteiger partial charge in [-0.1, -0.05) is 6.92 Å². The Morgan fingerprint density at radius 1 is 1.17 bits per heavy atom. The van der Waals surface area contributed by atoms with Gasteiger partial charge in [-0.3, -0.25) is 4.79 Å². The first-order valence-electron chi connectivity index (χ1n) is 8.09. The van der Waals surface area contributed by atoms with Crippen molar-refractivity contribution in [1.29, 1.82) is 0 Å². The van der Waals surface area contributed by atoms with Gasteiger partial charge in [0.2, 0.25) is 5.91 Å². The van der Waals surface area contributed by atoms with Crippen LogP contribution in [0.3, 0.4) is 0 Å². The van der Waals surface area contributed by atoms with Gasteiger partial charge in [-0.15, -0.1) is 0 Å². The number of ether oxygens (including phenoxy) is 2. The van der Waals surface area contributed by atoms with E-state index in [1.807, 2.05) is 11.0 Å². The van der Waals surface area contributed by atoms with Crippen molar-refractivity contribution in [3.63, 3.8) is 0 Å². The maximum absolute atomic E-state index is 12.4. The third-order valence-corrected chi connectivity index (χ3v) is 4.36. The fraction of sp³-hybridized carbons (Fsp3) is 0.588. The van der Waals surface area contributed by atoms with E-state index >= 15 is 0 Å². The third-order valence-electron chi connectivity index (χ3n) is 4.36. The number of nitrogens with zero attached hydrogens (tertiary/aromatic N) is 2. The Balaban J connectivity index is 1.98. The van der Waals surface area contributed by atoms with Crippen LogP contribution < -0.4 is 15.2 Å². The van der Waals surface area contributed by atoms with Gasteiger partial charge in [-0.05, 0) is 19.0 Å². The summed E-state index contributed by atoms with van der Waals surface area (Å²) in [5, 5.41) is 0. The molecule has 1 aromatic carbocycles. The highest BCUT2D eigenvalue weighted by Gasteiger charge is 2.21. The van der Waals surface area contributed by atoms with E-state index in [1.54, 1.807) is 20.3 Å². The van der Waals surface area contributed by atoms with E-state index < -0.39 is 0 Å². The average molecular weight is 321 g/mol. The fourth-order valence-corrected chi connectivity index (χ4v) is 2.97. The average Bonchev–Trinajstić information content (AvgIpc) is 2.59. The van der Waals surface area contributed by atoms with Gasteiger partial charge in [0.25, 0.3) is 0 Å². The molecule has 1 aliphatic rings. The predicted octanol–water partition coefficient (Wildman–Crippen LogP) is 1.38. The molecule has 23 heavy (non-hydrogen) atoms. The molecule has 6 nitrogen and oxygen atoms in total. The van der Waals surface area contributed by atoms with Crippen molar-refractivity contribution in [2.24, 2.45) is 0 Å². The van der Waals surface area contributed by atoms with Crippen LogP contribution in [0.25, 0.3) is 0 Å². The highest BCUT2D eigenvalue weighted by Crippen LogP contribution is 2.34. The van der Waals surface area contributed by atoms with Crippen molar-refractivity contribution in [1.82, 2.24) is 9.80 Å². The molecule has 1 amide bonds. The van der Waals surface area contributed by atoms with Crippen molar-refractivity contribution in [2.75, 3.05) is 52.7 Å². The van der Waals surface area contributed by atoms with Gasteiger partial charge < -0.3 is 25.0 Å². The van der Waals surface area contributed by atoms with Gasteiger partial charge in [0.15, 0.2) is 11.5 Å². The quantitative estimate of drug-likeness (QED) is 0.802. The number of carbonyl (C=O) groups excluding carboxylic acids is 1. The standard InChI is InChI=1S/C17H27N3O3/c1-4-19-7-9-20(10-8-19)16(21)6-5-13-11-14(18)12-15(22-2)17(13)23-3/h11-12H,4-10,18H2,1-3H3. The van der Waals surface area contributed by atoms with Crippen LogP contribution in [0.2, 0.25) is 0 Å². The number of hydrogen-bond acceptors (Lipinski definition) is 5. The zero-order chi connectivity index (χ0) is 16.8. The summed E-state index contributed by atoms with van der Waals surface area (Å²) in [6, 6.07) is 3.58. The largest absolute Gasteiger partial charge is 0.493 e. The van der Waals surface area contributed by atoms with Crippen LogP contribution in [0.5, 0.6) is 11.5 Å². The molecule has 0 spiro atoms. The lowest BCUT2D eigenvalue weighted by Crippen LogP contribution is -2.48. The molecule has 0 atom stereocenters. The number of amides is 1. The lowest BCUT2D eigenvalue weighted by molar-refractivity contribution is -0.132. The lowest BCUT2D eigenvalue weighted by Gasteiger charge is -2.34. The second-order valence-corrected chi connectivity index (χ2v) is 5.73. The van der Waals surface area contributed by atoms with Gasteiger partial charge in [0.1, 0.15) is 0 Å². The molecule has 1 fully saturated rings. The van der Waals surface area contributed by atoms with Gasteiger partial charge in [0.05, 0.1) is 14.2 Å². The molecule has 0 aliphatic carbocycles. The second-order valence-electron chi connectivity index (χ2n) is 5.73. The molecule has 0 saturated carbocycles. The summed E-state index contributed by atoms with van der Waals surface area (Å²) in [6.45, 7) is 6.72. The summed E-state index contributed by atoms with van der Waals surface area (Å²) >= 11 is 0. The summed E-state index contributed by atoms with van der Waals surface area (Å²) in [5.74, 6) is 1.45. The van der Waals surface area contributed by atoms with Crippen LogP contribution in [0.15, 0.2) is 12.1 Å². The first kappa shape index (κ1) is 17.4. The second kappa shape index (κ2) is 8.06. The SMILES string of the molecule is CCN1CCN(C(=O)CCc2cc(N)cc(OC)c2OC)CC1.